The van der Waals surface area contributed by atoms with E-state index in [9.17, 15) is 4.79 Å². The predicted molar refractivity (Wildman–Crippen MR) is 115 cm³/mol. The van der Waals surface area contributed by atoms with E-state index in [-0.39, 0.29) is 11.9 Å². The maximum Gasteiger partial charge on any atom is 0.261 e. The summed E-state index contributed by atoms with van der Waals surface area (Å²) in [5, 5.41) is 3.73. The molecule has 0 aromatic heterocycles. The summed E-state index contributed by atoms with van der Waals surface area (Å²) in [7, 11) is 1.68. The fourth-order valence-corrected chi connectivity index (χ4v) is 3.28. The first-order chi connectivity index (χ1) is 13.1. The minimum absolute atomic E-state index is 0.145. The molecular formula is C23H30ClNO3. The lowest BCUT2D eigenvalue weighted by Crippen LogP contribution is -2.38. The van der Waals surface area contributed by atoms with E-state index in [0.717, 1.165) is 28.0 Å². The molecule has 0 aliphatic rings. The van der Waals surface area contributed by atoms with E-state index >= 15 is 0 Å². The highest BCUT2D eigenvalue weighted by Crippen LogP contribution is 2.32. The Morgan fingerprint density at radius 3 is 2.25 bits per heavy atom. The maximum absolute atomic E-state index is 12.6. The lowest BCUT2D eigenvalue weighted by atomic mass is 9.93. The monoisotopic (exact) mass is 403 g/mol. The Labute approximate surface area is 173 Å². The lowest BCUT2D eigenvalue weighted by molar-refractivity contribution is -0.127. The summed E-state index contributed by atoms with van der Waals surface area (Å²) in [4.78, 5) is 12.6. The van der Waals surface area contributed by atoms with E-state index in [1.54, 1.807) is 26.2 Å². The van der Waals surface area contributed by atoms with E-state index < -0.39 is 6.10 Å². The largest absolute Gasteiger partial charge is 0.496 e. The van der Waals surface area contributed by atoms with Gasteiger partial charge in [0.05, 0.1) is 13.2 Å². The topological polar surface area (TPSA) is 47.6 Å². The first kappa shape index (κ1) is 22.1. The van der Waals surface area contributed by atoms with E-state index in [1.165, 1.54) is 0 Å². The molecule has 2 aromatic carbocycles. The molecule has 28 heavy (non-hydrogen) atoms. The molecule has 0 saturated heterocycles. The van der Waals surface area contributed by atoms with E-state index in [2.05, 4.69) is 25.2 Å². The standard InChI is InChI=1S/C23H30ClNO3/c1-13(2)19-12-20(14(3)11-22(19)27-7)16(5)25-23(26)17(6)28-18-8-9-21(24)15(4)10-18/h8-13,16-17H,1-7H3,(H,25,26)/t16-,17-/m1/s1. The van der Waals surface area contributed by atoms with Gasteiger partial charge in [0.25, 0.3) is 5.91 Å². The molecule has 5 heteroatoms. The van der Waals surface area contributed by atoms with Crippen LogP contribution >= 0.6 is 11.6 Å². The molecule has 0 spiro atoms. The number of rotatable bonds is 7. The molecule has 0 aliphatic heterocycles. The van der Waals surface area contributed by atoms with Gasteiger partial charge in [-0.05, 0) is 86.2 Å². The summed E-state index contributed by atoms with van der Waals surface area (Å²) in [6.45, 7) is 11.9. The zero-order valence-electron chi connectivity index (χ0n) is 17.7. The van der Waals surface area contributed by atoms with Crippen molar-refractivity contribution in [3.63, 3.8) is 0 Å². The molecule has 2 rings (SSSR count). The number of amides is 1. The third kappa shape index (κ3) is 5.20. The van der Waals surface area contributed by atoms with Crippen LogP contribution in [0.15, 0.2) is 30.3 Å². The number of methoxy groups -OCH3 is 1. The molecular weight excluding hydrogens is 374 g/mol. The Kier molecular flexibility index (Phi) is 7.36. The molecule has 0 fully saturated rings. The number of nitrogens with one attached hydrogen (secondary N) is 1. The van der Waals surface area contributed by atoms with Gasteiger partial charge in [0.1, 0.15) is 11.5 Å². The molecule has 0 radical (unpaired) electrons. The fraction of sp³-hybridized carbons (Fsp3) is 0.435. The van der Waals surface area contributed by atoms with Crippen molar-refractivity contribution in [1.29, 1.82) is 0 Å². The van der Waals surface area contributed by atoms with Gasteiger partial charge in [-0.15, -0.1) is 0 Å². The van der Waals surface area contributed by atoms with Crippen molar-refractivity contribution in [2.45, 2.75) is 59.6 Å². The summed E-state index contributed by atoms with van der Waals surface area (Å²) < 4.78 is 11.3. The minimum atomic E-state index is -0.619. The predicted octanol–water partition coefficient (Wildman–Crippen LogP) is 5.73. The molecule has 0 heterocycles. The van der Waals surface area contributed by atoms with Crippen LogP contribution in [-0.4, -0.2) is 19.1 Å². The van der Waals surface area contributed by atoms with Crippen LogP contribution in [0.2, 0.25) is 5.02 Å². The second-order valence-corrected chi connectivity index (χ2v) is 7.91. The van der Waals surface area contributed by atoms with Gasteiger partial charge in [-0.3, -0.25) is 4.79 Å². The van der Waals surface area contributed by atoms with Crippen molar-refractivity contribution in [2.24, 2.45) is 0 Å². The van der Waals surface area contributed by atoms with Crippen molar-refractivity contribution in [3.8, 4) is 11.5 Å². The normalized spacial score (nSPS) is 13.2. The summed E-state index contributed by atoms with van der Waals surface area (Å²) >= 11 is 6.04. The van der Waals surface area contributed by atoms with Crippen molar-refractivity contribution in [2.75, 3.05) is 7.11 Å². The molecule has 152 valence electrons. The second kappa shape index (κ2) is 9.33. The molecule has 2 atom stereocenters. The zero-order chi connectivity index (χ0) is 21.0. The van der Waals surface area contributed by atoms with Crippen molar-refractivity contribution in [1.82, 2.24) is 5.32 Å². The Morgan fingerprint density at radius 1 is 1.00 bits per heavy atom. The molecule has 0 saturated carbocycles. The zero-order valence-corrected chi connectivity index (χ0v) is 18.5. The maximum atomic E-state index is 12.6. The number of halogens is 1. The average Bonchev–Trinajstić information content (AvgIpc) is 2.63. The first-order valence-electron chi connectivity index (χ1n) is 9.55. The Bertz CT molecular complexity index is 848. The first-order valence-corrected chi connectivity index (χ1v) is 9.93. The SMILES string of the molecule is COc1cc(C)c([C@@H](C)NC(=O)[C@@H](C)Oc2ccc(Cl)c(C)c2)cc1C(C)C. The summed E-state index contributed by atoms with van der Waals surface area (Å²) in [6.07, 6.45) is -0.619. The van der Waals surface area contributed by atoms with E-state index in [4.69, 9.17) is 21.1 Å². The minimum Gasteiger partial charge on any atom is -0.496 e. The average molecular weight is 404 g/mol. The number of aryl methyl sites for hydroxylation is 2. The highest BCUT2D eigenvalue weighted by Gasteiger charge is 2.20. The van der Waals surface area contributed by atoms with Crippen LogP contribution in [-0.2, 0) is 4.79 Å². The molecule has 4 nitrogen and oxygen atoms in total. The van der Waals surface area contributed by atoms with Gasteiger partial charge in [-0.2, -0.15) is 0 Å². The van der Waals surface area contributed by atoms with E-state index in [0.29, 0.717) is 16.7 Å². The molecule has 0 aliphatic carbocycles. The number of benzene rings is 2. The van der Waals surface area contributed by atoms with Crippen LogP contribution in [0.25, 0.3) is 0 Å². The summed E-state index contributed by atoms with van der Waals surface area (Å²) in [5.41, 5.74) is 4.20. The van der Waals surface area contributed by atoms with Gasteiger partial charge in [0.2, 0.25) is 0 Å². The highest BCUT2D eigenvalue weighted by atomic mass is 35.5. The van der Waals surface area contributed by atoms with Gasteiger partial charge in [0.15, 0.2) is 6.10 Å². The molecule has 0 unspecified atom stereocenters. The highest BCUT2D eigenvalue weighted by molar-refractivity contribution is 6.31. The number of hydrogen-bond acceptors (Lipinski definition) is 3. The van der Waals surface area contributed by atoms with Gasteiger partial charge < -0.3 is 14.8 Å². The van der Waals surface area contributed by atoms with Gasteiger partial charge in [-0.1, -0.05) is 25.4 Å². The smallest absolute Gasteiger partial charge is 0.261 e. The van der Waals surface area contributed by atoms with Crippen LogP contribution in [0.4, 0.5) is 0 Å². The Hall–Kier alpha value is -2.20. The lowest BCUT2D eigenvalue weighted by Gasteiger charge is -2.23. The molecule has 1 N–H and O–H groups in total. The third-order valence-corrected chi connectivity index (χ3v) is 5.30. The number of carbonyl (C=O) groups excluding carboxylic acids is 1. The van der Waals surface area contributed by atoms with Gasteiger partial charge >= 0.3 is 0 Å². The van der Waals surface area contributed by atoms with E-state index in [1.807, 2.05) is 32.9 Å². The van der Waals surface area contributed by atoms with Crippen molar-refractivity contribution in [3.05, 3.63) is 57.6 Å². The number of hydrogen-bond donors (Lipinski definition) is 1. The molecule has 2 aromatic rings. The second-order valence-electron chi connectivity index (χ2n) is 7.51. The summed E-state index contributed by atoms with van der Waals surface area (Å²) in [6, 6.07) is 9.38. The molecule has 1 amide bonds. The van der Waals surface area contributed by atoms with Crippen molar-refractivity contribution < 1.29 is 14.3 Å². The number of ether oxygens (including phenoxy) is 2. The Morgan fingerprint density at radius 2 is 1.68 bits per heavy atom. The van der Waals surface area contributed by atoms with Gasteiger partial charge in [0, 0.05) is 5.02 Å². The quantitative estimate of drug-likeness (QED) is 0.641. The van der Waals surface area contributed by atoms with Crippen LogP contribution in [0, 0.1) is 13.8 Å². The summed E-state index contributed by atoms with van der Waals surface area (Å²) in [5.74, 6) is 1.67. The number of carbonyl (C=O) groups is 1. The van der Waals surface area contributed by atoms with Crippen LogP contribution in [0.3, 0.4) is 0 Å². The Balaban J connectivity index is 2.12. The molecule has 0 bridgehead atoms. The van der Waals surface area contributed by atoms with Crippen molar-refractivity contribution >= 4 is 17.5 Å². The van der Waals surface area contributed by atoms with Crippen LogP contribution in [0.5, 0.6) is 11.5 Å². The third-order valence-electron chi connectivity index (χ3n) is 4.88. The van der Waals surface area contributed by atoms with Gasteiger partial charge in [-0.25, -0.2) is 0 Å². The fourth-order valence-electron chi connectivity index (χ4n) is 3.17. The van der Waals surface area contributed by atoms with Crippen LogP contribution in [0.1, 0.15) is 61.9 Å². The van der Waals surface area contributed by atoms with Crippen LogP contribution < -0.4 is 14.8 Å².